The summed E-state index contributed by atoms with van der Waals surface area (Å²) in [5.41, 5.74) is 7.66. The smallest absolute Gasteiger partial charge is 0.319 e. The Bertz CT molecular complexity index is 571. The van der Waals surface area contributed by atoms with E-state index in [0.29, 0.717) is 25.4 Å². The second-order valence-electron chi connectivity index (χ2n) is 7.07. The Labute approximate surface area is 150 Å². The Morgan fingerprint density at radius 3 is 2.72 bits per heavy atom. The van der Waals surface area contributed by atoms with E-state index < -0.39 is 0 Å². The van der Waals surface area contributed by atoms with Crippen molar-refractivity contribution >= 4 is 17.6 Å². The zero-order chi connectivity index (χ0) is 18.2. The van der Waals surface area contributed by atoms with Crippen LogP contribution in [0.1, 0.15) is 38.2 Å². The molecule has 0 radical (unpaired) electrons. The molecule has 0 aromatic heterocycles. The van der Waals surface area contributed by atoms with Crippen molar-refractivity contribution in [2.24, 2.45) is 11.7 Å². The number of hydrogen-bond acceptors (Lipinski definition) is 3. The number of carbonyl (C=O) groups excluding carboxylic acids is 2. The molecule has 2 unspecified atom stereocenters. The number of carbonyl (C=O) groups is 2. The maximum Gasteiger partial charge on any atom is 0.319 e. The molecule has 1 saturated heterocycles. The highest BCUT2D eigenvalue weighted by Crippen LogP contribution is 2.17. The van der Waals surface area contributed by atoms with Crippen molar-refractivity contribution in [3.8, 4) is 0 Å². The van der Waals surface area contributed by atoms with E-state index in [0.717, 1.165) is 37.1 Å². The molecule has 6 heteroatoms. The molecule has 2 rings (SSSR count). The second kappa shape index (κ2) is 9.42. The molecule has 4 N–H and O–H groups in total. The van der Waals surface area contributed by atoms with Gasteiger partial charge >= 0.3 is 6.03 Å². The first-order chi connectivity index (χ1) is 11.9. The number of nitrogens with zero attached hydrogens (tertiary/aromatic N) is 1. The third-order valence-electron chi connectivity index (χ3n) is 4.55. The summed E-state index contributed by atoms with van der Waals surface area (Å²) >= 11 is 0. The van der Waals surface area contributed by atoms with Crippen molar-refractivity contribution < 1.29 is 9.59 Å². The van der Waals surface area contributed by atoms with Gasteiger partial charge in [-0.3, -0.25) is 4.79 Å². The maximum absolute atomic E-state index is 12.2. The molecule has 1 fully saturated rings. The number of aryl methyl sites for hydroxylation is 1. The van der Waals surface area contributed by atoms with Gasteiger partial charge in [0.05, 0.1) is 0 Å². The molecule has 1 aromatic rings. The largest absolute Gasteiger partial charge is 0.342 e. The van der Waals surface area contributed by atoms with Crippen LogP contribution < -0.4 is 16.4 Å². The fourth-order valence-electron chi connectivity index (χ4n) is 3.02. The summed E-state index contributed by atoms with van der Waals surface area (Å²) in [6, 6.07) is 7.54. The van der Waals surface area contributed by atoms with Gasteiger partial charge in [0.25, 0.3) is 0 Å². The van der Waals surface area contributed by atoms with Crippen molar-refractivity contribution in [2.75, 3.05) is 25.0 Å². The monoisotopic (exact) mass is 346 g/mol. The SMILES string of the molecule is Cc1ccc(NC(=O)NCC2CCCN(C(=O)CCC(C)N)C2)cc1. The number of hydrogen-bond donors (Lipinski definition) is 3. The first-order valence-corrected chi connectivity index (χ1v) is 9.09. The lowest BCUT2D eigenvalue weighted by Gasteiger charge is -2.33. The Hall–Kier alpha value is -2.08. The van der Waals surface area contributed by atoms with E-state index in [4.69, 9.17) is 5.73 Å². The van der Waals surface area contributed by atoms with Crippen LogP contribution in [0.4, 0.5) is 10.5 Å². The second-order valence-corrected chi connectivity index (χ2v) is 7.07. The van der Waals surface area contributed by atoms with Gasteiger partial charge in [-0.1, -0.05) is 17.7 Å². The minimum Gasteiger partial charge on any atom is -0.342 e. The molecule has 1 aliphatic heterocycles. The van der Waals surface area contributed by atoms with E-state index in [1.807, 2.05) is 43.0 Å². The molecule has 1 heterocycles. The van der Waals surface area contributed by atoms with Crippen molar-refractivity contribution in [1.82, 2.24) is 10.2 Å². The van der Waals surface area contributed by atoms with Gasteiger partial charge in [0.1, 0.15) is 0 Å². The van der Waals surface area contributed by atoms with Gasteiger partial charge in [0, 0.05) is 37.8 Å². The number of nitrogens with two attached hydrogens (primary N) is 1. The summed E-state index contributed by atoms with van der Waals surface area (Å²) in [6.45, 7) is 6.03. The summed E-state index contributed by atoms with van der Waals surface area (Å²) in [4.78, 5) is 26.2. The van der Waals surface area contributed by atoms with Gasteiger partial charge in [-0.25, -0.2) is 4.79 Å². The quantitative estimate of drug-likeness (QED) is 0.739. The van der Waals surface area contributed by atoms with E-state index in [9.17, 15) is 9.59 Å². The summed E-state index contributed by atoms with van der Waals surface area (Å²) in [7, 11) is 0. The molecule has 0 bridgehead atoms. The standard InChI is InChI=1S/C19H30N4O2/c1-14-5-8-17(9-6-14)22-19(25)21-12-16-4-3-11-23(13-16)18(24)10-7-15(2)20/h5-6,8-9,15-16H,3-4,7,10-13,20H2,1-2H3,(H2,21,22,25). The molecule has 25 heavy (non-hydrogen) atoms. The van der Waals surface area contributed by atoms with Crippen LogP contribution in [0.2, 0.25) is 0 Å². The fraction of sp³-hybridized carbons (Fsp3) is 0.579. The van der Waals surface area contributed by atoms with E-state index in [-0.39, 0.29) is 18.0 Å². The van der Waals surface area contributed by atoms with Crippen molar-refractivity contribution in [2.45, 2.75) is 45.6 Å². The number of nitrogens with one attached hydrogen (secondary N) is 2. The zero-order valence-corrected chi connectivity index (χ0v) is 15.3. The number of anilines is 1. The molecule has 6 nitrogen and oxygen atoms in total. The minimum atomic E-state index is -0.204. The average Bonchev–Trinajstić information content (AvgIpc) is 2.60. The summed E-state index contributed by atoms with van der Waals surface area (Å²) in [6.07, 6.45) is 3.24. The Morgan fingerprint density at radius 1 is 1.32 bits per heavy atom. The first-order valence-electron chi connectivity index (χ1n) is 9.09. The molecule has 2 atom stereocenters. The lowest BCUT2D eigenvalue weighted by molar-refractivity contribution is -0.133. The maximum atomic E-state index is 12.2. The number of likely N-dealkylation sites (tertiary alicyclic amines) is 1. The average molecular weight is 346 g/mol. The molecule has 0 aliphatic carbocycles. The molecular formula is C19H30N4O2. The van der Waals surface area contributed by atoms with Crippen LogP contribution in [-0.2, 0) is 4.79 Å². The Balaban J connectivity index is 1.73. The van der Waals surface area contributed by atoms with Gasteiger partial charge in [0.15, 0.2) is 0 Å². The third kappa shape index (κ3) is 6.74. The van der Waals surface area contributed by atoms with Crippen molar-refractivity contribution in [1.29, 1.82) is 0 Å². The van der Waals surface area contributed by atoms with Gasteiger partial charge in [-0.15, -0.1) is 0 Å². The Kier molecular flexibility index (Phi) is 7.25. The number of piperidine rings is 1. The minimum absolute atomic E-state index is 0.0525. The van der Waals surface area contributed by atoms with Crippen LogP contribution in [0.15, 0.2) is 24.3 Å². The normalized spacial score (nSPS) is 18.5. The molecule has 0 saturated carbocycles. The van der Waals surface area contributed by atoms with Crippen LogP contribution in [-0.4, -0.2) is 42.5 Å². The van der Waals surface area contributed by atoms with Crippen LogP contribution in [0, 0.1) is 12.8 Å². The van der Waals surface area contributed by atoms with Crippen LogP contribution in [0.5, 0.6) is 0 Å². The van der Waals surface area contributed by atoms with Crippen molar-refractivity contribution in [3.63, 3.8) is 0 Å². The lowest BCUT2D eigenvalue weighted by atomic mass is 9.97. The third-order valence-corrected chi connectivity index (χ3v) is 4.55. The highest BCUT2D eigenvalue weighted by Gasteiger charge is 2.23. The molecule has 1 aromatic carbocycles. The topological polar surface area (TPSA) is 87.5 Å². The summed E-state index contributed by atoms with van der Waals surface area (Å²) in [5.74, 6) is 0.475. The van der Waals surface area contributed by atoms with Crippen LogP contribution in [0.3, 0.4) is 0 Å². The predicted molar refractivity (Wildman–Crippen MR) is 100 cm³/mol. The highest BCUT2D eigenvalue weighted by molar-refractivity contribution is 5.89. The van der Waals surface area contributed by atoms with E-state index in [1.54, 1.807) is 0 Å². The molecule has 1 aliphatic rings. The predicted octanol–water partition coefficient (Wildman–Crippen LogP) is 2.48. The molecule has 3 amide bonds. The number of rotatable bonds is 6. The van der Waals surface area contributed by atoms with Crippen LogP contribution in [0.25, 0.3) is 0 Å². The summed E-state index contributed by atoms with van der Waals surface area (Å²) in [5, 5.41) is 5.75. The van der Waals surface area contributed by atoms with Gasteiger partial charge in [-0.05, 0) is 51.2 Å². The van der Waals surface area contributed by atoms with E-state index in [2.05, 4.69) is 10.6 Å². The van der Waals surface area contributed by atoms with E-state index in [1.165, 1.54) is 0 Å². The van der Waals surface area contributed by atoms with Crippen molar-refractivity contribution in [3.05, 3.63) is 29.8 Å². The molecule has 0 spiro atoms. The zero-order valence-electron chi connectivity index (χ0n) is 15.3. The number of benzene rings is 1. The Morgan fingerprint density at radius 2 is 2.04 bits per heavy atom. The molecular weight excluding hydrogens is 316 g/mol. The summed E-state index contributed by atoms with van der Waals surface area (Å²) < 4.78 is 0. The fourth-order valence-corrected chi connectivity index (χ4v) is 3.02. The van der Waals surface area contributed by atoms with Gasteiger partial charge < -0.3 is 21.3 Å². The number of amides is 3. The van der Waals surface area contributed by atoms with Crippen LogP contribution >= 0.6 is 0 Å². The van der Waals surface area contributed by atoms with E-state index >= 15 is 0 Å². The van der Waals surface area contributed by atoms with Gasteiger partial charge in [-0.2, -0.15) is 0 Å². The number of urea groups is 1. The van der Waals surface area contributed by atoms with Gasteiger partial charge in [0.2, 0.25) is 5.91 Å². The lowest BCUT2D eigenvalue weighted by Crippen LogP contribution is -2.44. The first kappa shape index (κ1) is 19.2. The molecule has 138 valence electrons. The highest BCUT2D eigenvalue weighted by atomic mass is 16.2.